The van der Waals surface area contributed by atoms with Gasteiger partial charge in [-0.3, -0.25) is 4.79 Å². The number of carbonyl (C=O) groups excluding carboxylic acids is 1. The summed E-state index contributed by atoms with van der Waals surface area (Å²) in [5, 5.41) is 7.93. The quantitative estimate of drug-likeness (QED) is 0.302. The Bertz CT molecular complexity index is 828. The molecule has 0 saturated carbocycles. The number of fused-ring (bicyclic) bond motifs is 1. The minimum atomic E-state index is -0.0229. The van der Waals surface area contributed by atoms with E-state index in [1.165, 1.54) is 22.0 Å². The van der Waals surface area contributed by atoms with Crippen molar-refractivity contribution in [1.82, 2.24) is 20.5 Å². The van der Waals surface area contributed by atoms with Crippen molar-refractivity contribution in [2.45, 2.75) is 32.3 Å². The molecule has 160 valence electrons. The Morgan fingerprint density at radius 2 is 2.17 bits per heavy atom. The van der Waals surface area contributed by atoms with E-state index in [1.54, 1.807) is 19.0 Å². The number of halogens is 1. The second-order valence-corrected chi connectivity index (χ2v) is 7.46. The van der Waals surface area contributed by atoms with Gasteiger partial charge in [0, 0.05) is 50.9 Å². The molecule has 1 amide bonds. The second-order valence-electron chi connectivity index (χ2n) is 7.46. The van der Waals surface area contributed by atoms with Crippen LogP contribution in [0.3, 0.4) is 0 Å². The highest BCUT2D eigenvalue weighted by molar-refractivity contribution is 14.0. The van der Waals surface area contributed by atoms with E-state index in [4.69, 9.17) is 4.74 Å². The number of para-hydroxylation sites is 1. The molecule has 1 aromatic carbocycles. The molecule has 0 radical (unpaired) electrons. The third-order valence-corrected chi connectivity index (χ3v) is 5.09. The number of likely N-dealkylation sites (N-methyl/N-ethyl adjacent to an activating group) is 1. The van der Waals surface area contributed by atoms with Gasteiger partial charge in [0.15, 0.2) is 5.96 Å². The van der Waals surface area contributed by atoms with Gasteiger partial charge >= 0.3 is 0 Å². The van der Waals surface area contributed by atoms with Crippen molar-refractivity contribution < 1.29 is 9.53 Å². The number of amides is 1. The Morgan fingerprint density at radius 1 is 1.34 bits per heavy atom. The Labute approximate surface area is 189 Å². The Balaban J connectivity index is 0.00000300. The van der Waals surface area contributed by atoms with E-state index in [-0.39, 0.29) is 42.5 Å². The maximum absolute atomic E-state index is 11.9. The number of aromatic nitrogens is 1. The molecule has 2 aromatic rings. The number of ether oxygens (including phenoxy) is 1. The molecule has 7 nitrogen and oxygen atoms in total. The topological polar surface area (TPSA) is 81.8 Å². The minimum absolute atomic E-state index is 0. The normalized spacial score (nSPS) is 16.5. The average molecular weight is 513 g/mol. The molecule has 3 rings (SSSR count). The fourth-order valence-electron chi connectivity index (χ4n) is 3.36. The molecule has 1 atom stereocenters. The van der Waals surface area contributed by atoms with Gasteiger partial charge in [0.25, 0.3) is 0 Å². The number of nitrogens with one attached hydrogen (secondary N) is 3. The first-order chi connectivity index (χ1) is 13.5. The predicted octanol–water partition coefficient (Wildman–Crippen LogP) is 2.44. The van der Waals surface area contributed by atoms with Crippen molar-refractivity contribution in [3.63, 3.8) is 0 Å². The first-order valence-corrected chi connectivity index (χ1v) is 9.94. The molecule has 0 aliphatic carbocycles. The van der Waals surface area contributed by atoms with Gasteiger partial charge in [-0.1, -0.05) is 18.2 Å². The van der Waals surface area contributed by atoms with Crippen molar-refractivity contribution in [3.8, 4) is 0 Å². The number of hydrogen-bond acceptors (Lipinski definition) is 3. The molecular weight excluding hydrogens is 481 g/mol. The fourth-order valence-corrected chi connectivity index (χ4v) is 3.36. The molecule has 1 saturated heterocycles. The summed E-state index contributed by atoms with van der Waals surface area (Å²) in [7, 11) is 3.48. The van der Waals surface area contributed by atoms with Crippen LogP contribution in [0.25, 0.3) is 10.9 Å². The van der Waals surface area contributed by atoms with Crippen LogP contribution in [-0.2, 0) is 16.0 Å². The van der Waals surface area contributed by atoms with E-state index in [0.717, 1.165) is 32.4 Å². The molecule has 8 heteroatoms. The van der Waals surface area contributed by atoms with Gasteiger partial charge in [-0.25, -0.2) is 4.99 Å². The number of carbonyl (C=O) groups is 1. The van der Waals surface area contributed by atoms with Crippen LogP contribution >= 0.6 is 24.0 Å². The van der Waals surface area contributed by atoms with Gasteiger partial charge in [0.05, 0.1) is 6.10 Å². The highest BCUT2D eigenvalue weighted by Gasteiger charge is 2.16. The van der Waals surface area contributed by atoms with Gasteiger partial charge < -0.3 is 25.3 Å². The third-order valence-electron chi connectivity index (χ3n) is 5.09. The SMILES string of the molecule is Cc1cccc2c(CCNC(=NCC(=O)N(C)C)NCC3CCCO3)c[nH]c12.I. The number of benzene rings is 1. The summed E-state index contributed by atoms with van der Waals surface area (Å²) in [5.74, 6) is 0.632. The second kappa shape index (κ2) is 11.4. The number of H-pyrrole nitrogens is 1. The van der Waals surface area contributed by atoms with Crippen LogP contribution in [0.15, 0.2) is 29.4 Å². The van der Waals surface area contributed by atoms with Crippen molar-refractivity contribution in [1.29, 1.82) is 0 Å². The molecule has 0 bridgehead atoms. The summed E-state index contributed by atoms with van der Waals surface area (Å²) in [5.41, 5.74) is 3.72. The van der Waals surface area contributed by atoms with Crippen molar-refractivity contribution in [2.75, 3.05) is 40.3 Å². The highest BCUT2D eigenvalue weighted by Crippen LogP contribution is 2.21. The average Bonchev–Trinajstić information content (AvgIpc) is 3.34. The summed E-state index contributed by atoms with van der Waals surface area (Å²) >= 11 is 0. The molecule has 1 unspecified atom stereocenters. The Hall–Kier alpha value is -1.81. The van der Waals surface area contributed by atoms with Crippen LogP contribution in [0.4, 0.5) is 0 Å². The van der Waals surface area contributed by atoms with E-state index >= 15 is 0 Å². The first kappa shape index (κ1) is 23.5. The van der Waals surface area contributed by atoms with Crippen LogP contribution < -0.4 is 10.6 Å². The number of nitrogens with zero attached hydrogens (tertiary/aromatic N) is 2. The predicted molar refractivity (Wildman–Crippen MR) is 128 cm³/mol. The first-order valence-electron chi connectivity index (χ1n) is 9.94. The fraction of sp³-hybridized carbons (Fsp3) is 0.524. The molecular formula is C21H32IN5O2. The smallest absolute Gasteiger partial charge is 0.243 e. The number of aromatic amines is 1. The zero-order valence-electron chi connectivity index (χ0n) is 17.5. The van der Waals surface area contributed by atoms with Gasteiger partial charge in [0.2, 0.25) is 5.91 Å². The lowest BCUT2D eigenvalue weighted by molar-refractivity contribution is -0.127. The van der Waals surface area contributed by atoms with Crippen LogP contribution in [0.2, 0.25) is 0 Å². The lowest BCUT2D eigenvalue weighted by atomic mass is 10.1. The molecule has 29 heavy (non-hydrogen) atoms. The monoisotopic (exact) mass is 513 g/mol. The van der Waals surface area contributed by atoms with Gasteiger partial charge in [-0.2, -0.15) is 0 Å². The standard InChI is InChI=1S/C21H31N5O2.HI/c1-15-6-4-8-18-16(12-23-20(15)18)9-10-22-21(25-14-19(27)26(2)3)24-13-17-7-5-11-28-17;/h4,6,8,12,17,23H,5,7,9-11,13-14H2,1-3H3,(H2,22,24,25);1H. The maximum atomic E-state index is 11.9. The zero-order valence-corrected chi connectivity index (χ0v) is 19.8. The summed E-state index contributed by atoms with van der Waals surface area (Å²) in [6.07, 6.45) is 5.32. The molecule has 2 heterocycles. The zero-order chi connectivity index (χ0) is 19.9. The van der Waals surface area contributed by atoms with E-state index in [1.807, 2.05) is 0 Å². The lowest BCUT2D eigenvalue weighted by Crippen LogP contribution is -2.42. The van der Waals surface area contributed by atoms with Crippen LogP contribution in [-0.4, -0.2) is 68.2 Å². The number of aryl methyl sites for hydroxylation is 1. The van der Waals surface area contributed by atoms with E-state index in [0.29, 0.717) is 12.5 Å². The van der Waals surface area contributed by atoms with Crippen LogP contribution in [0.1, 0.15) is 24.0 Å². The molecule has 1 aliphatic rings. The van der Waals surface area contributed by atoms with Gasteiger partial charge in [0.1, 0.15) is 6.54 Å². The molecule has 0 spiro atoms. The number of aliphatic imine (C=N–C) groups is 1. The summed E-state index contributed by atoms with van der Waals surface area (Å²) in [6, 6.07) is 6.35. The van der Waals surface area contributed by atoms with Gasteiger partial charge in [-0.15, -0.1) is 24.0 Å². The van der Waals surface area contributed by atoms with E-state index in [2.05, 4.69) is 51.9 Å². The molecule has 1 aliphatic heterocycles. The molecule has 1 fully saturated rings. The highest BCUT2D eigenvalue weighted by atomic mass is 127. The maximum Gasteiger partial charge on any atom is 0.243 e. The summed E-state index contributed by atoms with van der Waals surface area (Å²) in [6.45, 7) is 4.50. The number of rotatable bonds is 7. The largest absolute Gasteiger partial charge is 0.376 e. The molecule has 1 aromatic heterocycles. The minimum Gasteiger partial charge on any atom is -0.376 e. The lowest BCUT2D eigenvalue weighted by Gasteiger charge is -2.16. The van der Waals surface area contributed by atoms with E-state index in [9.17, 15) is 4.79 Å². The van der Waals surface area contributed by atoms with Crippen LogP contribution in [0, 0.1) is 6.92 Å². The van der Waals surface area contributed by atoms with Gasteiger partial charge in [-0.05, 0) is 37.3 Å². The van der Waals surface area contributed by atoms with Crippen LogP contribution in [0.5, 0.6) is 0 Å². The number of hydrogen-bond donors (Lipinski definition) is 3. The van der Waals surface area contributed by atoms with Crippen molar-refractivity contribution >= 4 is 46.7 Å². The Kier molecular flexibility index (Phi) is 9.22. The number of guanidine groups is 1. The summed E-state index contributed by atoms with van der Waals surface area (Å²) < 4.78 is 5.67. The third kappa shape index (κ3) is 6.60. The summed E-state index contributed by atoms with van der Waals surface area (Å²) in [4.78, 5) is 21.2. The van der Waals surface area contributed by atoms with Crippen molar-refractivity contribution in [2.24, 2.45) is 4.99 Å². The van der Waals surface area contributed by atoms with Crippen molar-refractivity contribution in [3.05, 3.63) is 35.5 Å². The molecule has 3 N–H and O–H groups in total. The Morgan fingerprint density at radius 3 is 2.90 bits per heavy atom. The van der Waals surface area contributed by atoms with E-state index < -0.39 is 0 Å².